The van der Waals surface area contributed by atoms with E-state index in [0.717, 1.165) is 31.1 Å². The maximum atomic E-state index is 11.9. The minimum absolute atomic E-state index is 0.118. The second-order valence-electron chi connectivity index (χ2n) is 4.50. The van der Waals surface area contributed by atoms with Crippen LogP contribution in [-0.4, -0.2) is 18.0 Å². The highest BCUT2D eigenvalue weighted by Crippen LogP contribution is 2.43. The Hall–Kier alpha value is -1.29. The molecule has 3 fully saturated rings. The van der Waals surface area contributed by atoms with Crippen LogP contribution in [0, 0.1) is 5.92 Å². The predicted octanol–water partition coefficient (Wildman–Crippen LogP) is 0.648. The number of amides is 1. The van der Waals surface area contributed by atoms with Crippen molar-refractivity contribution in [2.24, 2.45) is 5.92 Å². The first-order chi connectivity index (χ1) is 7.28. The van der Waals surface area contributed by atoms with Gasteiger partial charge in [0.1, 0.15) is 5.76 Å². The number of rotatable bonds is 3. The lowest BCUT2D eigenvalue weighted by molar-refractivity contribution is -0.129. The van der Waals surface area contributed by atoms with Crippen LogP contribution in [-0.2, 0) is 11.3 Å². The maximum absolute atomic E-state index is 11.9. The average Bonchev–Trinajstić information content (AvgIpc) is 2.88. The number of carbonyl (C=O) groups is 1. The third-order valence-corrected chi connectivity index (χ3v) is 3.44. The van der Waals surface area contributed by atoms with Gasteiger partial charge in [0, 0.05) is 0 Å². The Labute approximate surface area is 88.0 Å². The van der Waals surface area contributed by atoms with Gasteiger partial charge >= 0.3 is 0 Å². The van der Waals surface area contributed by atoms with Crippen LogP contribution in [0.15, 0.2) is 22.8 Å². The number of hydrogen-bond donors (Lipinski definition) is 2. The van der Waals surface area contributed by atoms with Crippen molar-refractivity contribution in [1.29, 1.82) is 0 Å². The predicted molar refractivity (Wildman–Crippen MR) is 54.0 cm³/mol. The van der Waals surface area contributed by atoms with E-state index in [1.165, 1.54) is 0 Å². The Balaban J connectivity index is 1.58. The van der Waals surface area contributed by atoms with Crippen LogP contribution >= 0.6 is 0 Å². The maximum Gasteiger partial charge on any atom is 0.240 e. The molecule has 0 radical (unpaired) electrons. The van der Waals surface area contributed by atoms with E-state index in [9.17, 15) is 4.79 Å². The quantitative estimate of drug-likeness (QED) is 0.763. The van der Waals surface area contributed by atoms with Crippen LogP contribution < -0.4 is 10.6 Å². The molecule has 3 aliphatic rings. The molecular weight excluding hydrogens is 192 g/mol. The van der Waals surface area contributed by atoms with Crippen molar-refractivity contribution >= 4 is 5.91 Å². The third-order valence-electron chi connectivity index (χ3n) is 3.44. The van der Waals surface area contributed by atoms with Crippen molar-refractivity contribution in [3.05, 3.63) is 24.2 Å². The van der Waals surface area contributed by atoms with E-state index >= 15 is 0 Å². The Morgan fingerprint density at radius 3 is 3.13 bits per heavy atom. The topological polar surface area (TPSA) is 54.3 Å². The van der Waals surface area contributed by atoms with Crippen LogP contribution in [0.2, 0.25) is 0 Å². The summed E-state index contributed by atoms with van der Waals surface area (Å²) in [5.41, 5.74) is -0.253. The molecule has 4 nitrogen and oxygen atoms in total. The minimum Gasteiger partial charge on any atom is -0.467 e. The fourth-order valence-corrected chi connectivity index (χ4v) is 2.57. The molecule has 1 saturated carbocycles. The molecule has 2 bridgehead atoms. The number of nitrogens with one attached hydrogen (secondary N) is 2. The van der Waals surface area contributed by atoms with Gasteiger partial charge in [0.25, 0.3) is 0 Å². The first kappa shape index (κ1) is 8.97. The number of hydrogen-bond acceptors (Lipinski definition) is 3. The molecule has 0 atom stereocenters. The molecule has 1 aromatic heterocycles. The Bertz CT molecular complexity index is 360. The lowest BCUT2D eigenvalue weighted by atomic mass is 9.73. The molecular formula is C11H14N2O2. The van der Waals surface area contributed by atoms with Gasteiger partial charge in [0.05, 0.1) is 18.3 Å². The van der Waals surface area contributed by atoms with Gasteiger partial charge in [-0.3, -0.25) is 4.79 Å². The molecule has 2 N–H and O–H groups in total. The Kier molecular flexibility index (Phi) is 1.85. The zero-order chi connectivity index (χ0) is 10.3. The zero-order valence-electron chi connectivity index (χ0n) is 8.45. The summed E-state index contributed by atoms with van der Waals surface area (Å²) in [5, 5.41) is 6.20. The molecule has 2 aliphatic heterocycles. The van der Waals surface area contributed by atoms with Gasteiger partial charge in [-0.2, -0.15) is 0 Å². The smallest absolute Gasteiger partial charge is 0.240 e. The Morgan fingerprint density at radius 1 is 1.67 bits per heavy atom. The van der Waals surface area contributed by atoms with Gasteiger partial charge in [0.2, 0.25) is 5.91 Å². The summed E-state index contributed by atoms with van der Waals surface area (Å²) in [5.74, 6) is 1.64. The van der Waals surface area contributed by atoms with E-state index in [0.29, 0.717) is 6.54 Å². The molecule has 0 unspecified atom stereocenters. The van der Waals surface area contributed by atoms with E-state index in [1.54, 1.807) is 6.26 Å². The van der Waals surface area contributed by atoms with Crippen molar-refractivity contribution in [2.45, 2.75) is 24.9 Å². The van der Waals surface area contributed by atoms with Crippen molar-refractivity contribution in [3.63, 3.8) is 0 Å². The van der Waals surface area contributed by atoms with Gasteiger partial charge < -0.3 is 15.1 Å². The monoisotopic (exact) mass is 206 g/mol. The fraction of sp³-hybridized carbons (Fsp3) is 0.545. The highest BCUT2D eigenvalue weighted by atomic mass is 16.3. The minimum atomic E-state index is -0.253. The van der Waals surface area contributed by atoms with Gasteiger partial charge in [-0.1, -0.05) is 0 Å². The van der Waals surface area contributed by atoms with Gasteiger partial charge in [-0.15, -0.1) is 0 Å². The number of furan rings is 1. The normalized spacial score (nSPS) is 32.4. The SMILES string of the molecule is O=C(NCc1ccco1)C12CC(CN1)C2. The lowest BCUT2D eigenvalue weighted by Crippen LogP contribution is -2.55. The van der Waals surface area contributed by atoms with Gasteiger partial charge in [-0.25, -0.2) is 0 Å². The van der Waals surface area contributed by atoms with E-state index in [2.05, 4.69) is 10.6 Å². The van der Waals surface area contributed by atoms with Crippen molar-refractivity contribution in [3.8, 4) is 0 Å². The molecule has 1 aliphatic carbocycles. The summed E-state index contributed by atoms with van der Waals surface area (Å²) < 4.78 is 5.16. The fourth-order valence-electron chi connectivity index (χ4n) is 2.57. The molecule has 1 aromatic rings. The molecule has 80 valence electrons. The van der Waals surface area contributed by atoms with E-state index in [1.807, 2.05) is 12.1 Å². The number of carbonyl (C=O) groups excluding carboxylic acids is 1. The summed E-state index contributed by atoms with van der Waals surface area (Å²) in [4.78, 5) is 11.9. The highest BCUT2D eigenvalue weighted by molar-refractivity contribution is 5.88. The third kappa shape index (κ3) is 1.36. The summed E-state index contributed by atoms with van der Waals surface area (Å²) in [6, 6.07) is 3.69. The molecule has 3 heterocycles. The number of fused-ring (bicyclic) bond motifs is 1. The molecule has 0 spiro atoms. The lowest BCUT2D eigenvalue weighted by Gasteiger charge is -2.35. The van der Waals surface area contributed by atoms with Gasteiger partial charge in [-0.05, 0) is 37.4 Å². The average molecular weight is 206 g/mol. The molecule has 0 aromatic carbocycles. The molecule has 4 heteroatoms. The molecule has 4 rings (SSSR count). The van der Waals surface area contributed by atoms with Crippen LogP contribution in [0.3, 0.4) is 0 Å². The van der Waals surface area contributed by atoms with Gasteiger partial charge in [0.15, 0.2) is 0 Å². The van der Waals surface area contributed by atoms with Crippen molar-refractivity contribution < 1.29 is 9.21 Å². The van der Waals surface area contributed by atoms with Crippen LogP contribution in [0.4, 0.5) is 0 Å². The van der Waals surface area contributed by atoms with E-state index in [4.69, 9.17) is 4.42 Å². The second kappa shape index (κ2) is 3.10. The van der Waals surface area contributed by atoms with Crippen LogP contribution in [0.25, 0.3) is 0 Å². The summed E-state index contributed by atoms with van der Waals surface area (Å²) in [7, 11) is 0. The highest BCUT2D eigenvalue weighted by Gasteiger charge is 2.55. The van der Waals surface area contributed by atoms with Crippen molar-refractivity contribution in [1.82, 2.24) is 10.6 Å². The second-order valence-corrected chi connectivity index (χ2v) is 4.50. The summed E-state index contributed by atoms with van der Waals surface area (Å²) >= 11 is 0. The summed E-state index contributed by atoms with van der Waals surface area (Å²) in [6.45, 7) is 1.48. The van der Waals surface area contributed by atoms with E-state index < -0.39 is 0 Å². The largest absolute Gasteiger partial charge is 0.467 e. The summed E-state index contributed by atoms with van der Waals surface area (Å²) in [6.07, 6.45) is 3.61. The Morgan fingerprint density at radius 2 is 2.53 bits per heavy atom. The van der Waals surface area contributed by atoms with Crippen LogP contribution in [0.1, 0.15) is 18.6 Å². The first-order valence-corrected chi connectivity index (χ1v) is 5.34. The standard InChI is InChI=1S/C11H14N2O2/c14-10(11-4-8(5-11)6-13-11)12-7-9-2-1-3-15-9/h1-3,8,13H,4-7H2,(H,12,14). The van der Waals surface area contributed by atoms with Crippen molar-refractivity contribution in [2.75, 3.05) is 6.54 Å². The molecule has 2 saturated heterocycles. The first-order valence-electron chi connectivity index (χ1n) is 5.34. The zero-order valence-corrected chi connectivity index (χ0v) is 8.45. The molecule has 15 heavy (non-hydrogen) atoms. The van der Waals surface area contributed by atoms with E-state index in [-0.39, 0.29) is 11.4 Å². The van der Waals surface area contributed by atoms with Crippen LogP contribution in [0.5, 0.6) is 0 Å². The molecule has 1 amide bonds.